The summed E-state index contributed by atoms with van der Waals surface area (Å²) < 4.78 is 0. The van der Waals surface area contributed by atoms with Crippen LogP contribution in [-0.2, 0) is 0 Å². The lowest BCUT2D eigenvalue weighted by Gasteiger charge is -2.11. The van der Waals surface area contributed by atoms with Crippen molar-refractivity contribution in [3.8, 4) is 0 Å². The maximum atomic E-state index is 12.3. The van der Waals surface area contributed by atoms with Gasteiger partial charge in [-0.15, -0.1) is 0 Å². The van der Waals surface area contributed by atoms with E-state index in [1.807, 2.05) is 45.9 Å². The number of benzene rings is 2. The van der Waals surface area contributed by atoms with E-state index in [1.165, 1.54) is 0 Å². The van der Waals surface area contributed by atoms with Gasteiger partial charge in [0.25, 0.3) is 11.8 Å². The Hall–Kier alpha value is -2.62. The fraction of sp³-hybridized carbons (Fsp3) is 0.263. The van der Waals surface area contributed by atoms with Crippen LogP contribution in [0.2, 0.25) is 0 Å². The molecule has 23 heavy (non-hydrogen) atoms. The van der Waals surface area contributed by atoms with Gasteiger partial charge in [-0.05, 0) is 69.2 Å². The smallest absolute Gasteiger partial charge is 0.255 e. The van der Waals surface area contributed by atoms with E-state index in [0.717, 1.165) is 16.8 Å². The van der Waals surface area contributed by atoms with Crippen molar-refractivity contribution in [2.45, 2.75) is 33.7 Å². The molecule has 4 nitrogen and oxygen atoms in total. The lowest BCUT2D eigenvalue weighted by molar-refractivity contribution is 0.0941. The summed E-state index contributed by atoms with van der Waals surface area (Å²) in [6.45, 7) is 7.75. The zero-order valence-electron chi connectivity index (χ0n) is 13.9. The summed E-state index contributed by atoms with van der Waals surface area (Å²) in [5.74, 6) is -0.323. The number of hydrogen-bond acceptors (Lipinski definition) is 2. The molecule has 0 aliphatic rings. The van der Waals surface area contributed by atoms with Gasteiger partial charge in [0.1, 0.15) is 0 Å². The summed E-state index contributed by atoms with van der Waals surface area (Å²) in [5, 5.41) is 5.73. The normalized spacial score (nSPS) is 10.5. The number of rotatable bonds is 4. The van der Waals surface area contributed by atoms with Crippen LogP contribution in [0.4, 0.5) is 5.69 Å². The number of carbonyl (C=O) groups is 2. The number of carbonyl (C=O) groups excluding carboxylic acids is 2. The standard InChI is InChI=1S/C19H22N2O2/c1-12(2)20-18(22)15-7-9-16(10-8-15)19(23)21-17-11-13(3)5-6-14(17)4/h5-12H,1-4H3,(H,20,22)(H,21,23). The Balaban J connectivity index is 2.11. The molecule has 2 N–H and O–H groups in total. The van der Waals surface area contributed by atoms with Crippen LogP contribution >= 0.6 is 0 Å². The zero-order valence-corrected chi connectivity index (χ0v) is 13.9. The highest BCUT2D eigenvalue weighted by atomic mass is 16.2. The molecule has 0 unspecified atom stereocenters. The average molecular weight is 310 g/mol. The van der Waals surface area contributed by atoms with E-state index in [-0.39, 0.29) is 17.9 Å². The zero-order chi connectivity index (χ0) is 17.0. The lowest BCUT2D eigenvalue weighted by atomic mass is 10.1. The molecule has 0 spiro atoms. The monoisotopic (exact) mass is 310 g/mol. The third-order valence-electron chi connectivity index (χ3n) is 3.47. The van der Waals surface area contributed by atoms with Crippen LogP contribution in [0, 0.1) is 13.8 Å². The Labute approximate surface area is 136 Å². The fourth-order valence-corrected chi connectivity index (χ4v) is 2.18. The van der Waals surface area contributed by atoms with Gasteiger partial charge in [-0.1, -0.05) is 12.1 Å². The quantitative estimate of drug-likeness (QED) is 0.904. The maximum absolute atomic E-state index is 12.3. The lowest BCUT2D eigenvalue weighted by Crippen LogP contribution is -2.30. The number of anilines is 1. The van der Waals surface area contributed by atoms with E-state index in [1.54, 1.807) is 24.3 Å². The second-order valence-electron chi connectivity index (χ2n) is 5.98. The van der Waals surface area contributed by atoms with Crippen LogP contribution in [0.3, 0.4) is 0 Å². The Kier molecular flexibility index (Phi) is 5.16. The van der Waals surface area contributed by atoms with Crippen molar-refractivity contribution in [2.24, 2.45) is 0 Å². The SMILES string of the molecule is Cc1ccc(C)c(NC(=O)c2ccc(C(=O)NC(C)C)cc2)c1. The molecule has 2 rings (SSSR count). The van der Waals surface area contributed by atoms with Crippen LogP contribution in [0.25, 0.3) is 0 Å². The van der Waals surface area contributed by atoms with E-state index in [0.29, 0.717) is 11.1 Å². The molecule has 0 radical (unpaired) electrons. The van der Waals surface area contributed by atoms with Crippen LogP contribution in [0.5, 0.6) is 0 Å². The van der Waals surface area contributed by atoms with Gasteiger partial charge >= 0.3 is 0 Å². The van der Waals surface area contributed by atoms with E-state index < -0.39 is 0 Å². The number of amides is 2. The molecule has 4 heteroatoms. The molecule has 2 aromatic carbocycles. The first-order valence-corrected chi connectivity index (χ1v) is 7.66. The number of nitrogens with one attached hydrogen (secondary N) is 2. The first-order chi connectivity index (χ1) is 10.9. The number of hydrogen-bond donors (Lipinski definition) is 2. The fourth-order valence-electron chi connectivity index (χ4n) is 2.18. The summed E-state index contributed by atoms with van der Waals surface area (Å²) in [4.78, 5) is 24.2. The molecular formula is C19H22N2O2. The summed E-state index contributed by atoms with van der Waals surface area (Å²) in [6, 6.07) is 12.7. The van der Waals surface area contributed by atoms with Crippen molar-refractivity contribution >= 4 is 17.5 Å². The highest BCUT2D eigenvalue weighted by molar-refractivity contribution is 6.05. The minimum Gasteiger partial charge on any atom is -0.350 e. The van der Waals surface area contributed by atoms with Crippen LogP contribution in [0.1, 0.15) is 45.7 Å². The molecular weight excluding hydrogens is 288 g/mol. The molecule has 0 heterocycles. The van der Waals surface area contributed by atoms with Gasteiger partial charge in [0.05, 0.1) is 0 Å². The van der Waals surface area contributed by atoms with Crippen molar-refractivity contribution < 1.29 is 9.59 Å². The Morgan fingerprint density at radius 3 is 2.00 bits per heavy atom. The number of aryl methyl sites for hydroxylation is 2. The Bertz CT molecular complexity index is 719. The first kappa shape index (κ1) is 16.7. The van der Waals surface area contributed by atoms with Gasteiger partial charge in [-0.3, -0.25) is 9.59 Å². The molecule has 2 aromatic rings. The molecule has 120 valence electrons. The minimum absolute atomic E-state index is 0.0785. The van der Waals surface area contributed by atoms with Gasteiger partial charge in [0.15, 0.2) is 0 Å². The van der Waals surface area contributed by atoms with Crippen molar-refractivity contribution in [1.29, 1.82) is 0 Å². The van der Waals surface area contributed by atoms with E-state index in [9.17, 15) is 9.59 Å². The van der Waals surface area contributed by atoms with Gasteiger partial charge in [0.2, 0.25) is 0 Å². The maximum Gasteiger partial charge on any atom is 0.255 e. The van der Waals surface area contributed by atoms with Crippen molar-refractivity contribution in [3.05, 3.63) is 64.7 Å². The summed E-state index contributed by atoms with van der Waals surface area (Å²) in [7, 11) is 0. The molecule has 2 amide bonds. The first-order valence-electron chi connectivity index (χ1n) is 7.66. The van der Waals surface area contributed by atoms with Gasteiger partial charge < -0.3 is 10.6 Å². The largest absolute Gasteiger partial charge is 0.350 e. The summed E-state index contributed by atoms with van der Waals surface area (Å²) in [5.41, 5.74) is 3.97. The third kappa shape index (κ3) is 4.42. The molecule has 0 fully saturated rings. The predicted octanol–water partition coefficient (Wildman–Crippen LogP) is 3.69. The summed E-state index contributed by atoms with van der Waals surface area (Å²) in [6.07, 6.45) is 0. The Morgan fingerprint density at radius 1 is 0.870 bits per heavy atom. The van der Waals surface area contributed by atoms with Crippen molar-refractivity contribution in [2.75, 3.05) is 5.32 Å². The second kappa shape index (κ2) is 7.09. The van der Waals surface area contributed by atoms with Gasteiger partial charge in [-0.2, -0.15) is 0 Å². The molecule has 0 bridgehead atoms. The van der Waals surface area contributed by atoms with Crippen LogP contribution in [-0.4, -0.2) is 17.9 Å². The van der Waals surface area contributed by atoms with Crippen LogP contribution in [0.15, 0.2) is 42.5 Å². The topological polar surface area (TPSA) is 58.2 Å². The van der Waals surface area contributed by atoms with E-state index in [4.69, 9.17) is 0 Å². The molecule has 0 aliphatic heterocycles. The van der Waals surface area contributed by atoms with E-state index >= 15 is 0 Å². The van der Waals surface area contributed by atoms with Crippen molar-refractivity contribution in [1.82, 2.24) is 5.32 Å². The minimum atomic E-state index is -0.186. The van der Waals surface area contributed by atoms with Gasteiger partial charge in [-0.25, -0.2) is 0 Å². The third-order valence-corrected chi connectivity index (χ3v) is 3.47. The average Bonchev–Trinajstić information content (AvgIpc) is 2.50. The molecule has 0 saturated carbocycles. The van der Waals surface area contributed by atoms with Gasteiger partial charge in [0, 0.05) is 22.9 Å². The molecule has 0 aromatic heterocycles. The van der Waals surface area contributed by atoms with E-state index in [2.05, 4.69) is 10.6 Å². The summed E-state index contributed by atoms with van der Waals surface area (Å²) >= 11 is 0. The highest BCUT2D eigenvalue weighted by Gasteiger charge is 2.11. The Morgan fingerprint density at radius 2 is 1.43 bits per heavy atom. The second-order valence-corrected chi connectivity index (χ2v) is 5.98. The highest BCUT2D eigenvalue weighted by Crippen LogP contribution is 2.17. The predicted molar refractivity (Wildman–Crippen MR) is 92.9 cm³/mol. The van der Waals surface area contributed by atoms with Crippen molar-refractivity contribution in [3.63, 3.8) is 0 Å². The molecule has 0 aliphatic carbocycles. The van der Waals surface area contributed by atoms with Crippen LogP contribution < -0.4 is 10.6 Å². The molecule has 0 atom stereocenters. The molecule has 0 saturated heterocycles.